The largest absolute Gasteiger partial charge is 0.310 e. The first-order valence-electron chi connectivity index (χ1n) is 9.62. The van der Waals surface area contributed by atoms with E-state index >= 15 is 0 Å². The second kappa shape index (κ2) is 8.78. The highest BCUT2D eigenvalue weighted by Gasteiger charge is 2.27. The summed E-state index contributed by atoms with van der Waals surface area (Å²) in [6.45, 7) is 9.90. The lowest BCUT2D eigenvalue weighted by atomic mass is 10.0. The first-order valence-corrected chi connectivity index (χ1v) is 9.62. The smallest absolute Gasteiger partial charge is 0.239 e. The van der Waals surface area contributed by atoms with Crippen molar-refractivity contribution < 1.29 is 4.79 Å². The van der Waals surface area contributed by atoms with Crippen LogP contribution < -0.4 is 5.32 Å². The minimum absolute atomic E-state index is 0.0590. The Hall–Kier alpha value is -1.44. The molecule has 0 aromatic carbocycles. The second-order valence-electron chi connectivity index (χ2n) is 7.36. The predicted octanol–water partition coefficient (Wildman–Crippen LogP) is 0.943. The molecule has 3 heterocycles. The molecule has 1 aromatic rings. The zero-order valence-electron chi connectivity index (χ0n) is 15.7. The Morgan fingerprint density at radius 1 is 1.28 bits per heavy atom. The number of amides is 1. The van der Waals surface area contributed by atoms with Crippen LogP contribution in [-0.4, -0.2) is 89.3 Å². The molecule has 2 saturated heterocycles. The number of aromatic nitrogens is 2. The van der Waals surface area contributed by atoms with Crippen molar-refractivity contribution in [2.75, 3.05) is 58.2 Å². The molecule has 140 valence electrons. The van der Waals surface area contributed by atoms with Gasteiger partial charge in [-0.3, -0.25) is 14.6 Å². The van der Waals surface area contributed by atoms with Gasteiger partial charge in [0.25, 0.3) is 0 Å². The van der Waals surface area contributed by atoms with Gasteiger partial charge in [0.2, 0.25) is 5.91 Å². The molecule has 7 heteroatoms. The van der Waals surface area contributed by atoms with Gasteiger partial charge in [-0.1, -0.05) is 6.92 Å². The number of nitrogens with one attached hydrogen (secondary N) is 1. The number of piperidine rings is 1. The van der Waals surface area contributed by atoms with Crippen LogP contribution in [0, 0.1) is 0 Å². The first kappa shape index (κ1) is 18.4. The van der Waals surface area contributed by atoms with Crippen molar-refractivity contribution >= 4 is 11.7 Å². The second-order valence-corrected chi connectivity index (χ2v) is 7.36. The average Bonchev–Trinajstić information content (AvgIpc) is 3.03. The van der Waals surface area contributed by atoms with Crippen LogP contribution in [0.25, 0.3) is 0 Å². The molecule has 3 rings (SSSR count). The average molecular weight is 348 g/mol. The Morgan fingerprint density at radius 3 is 2.80 bits per heavy atom. The van der Waals surface area contributed by atoms with Crippen molar-refractivity contribution in [1.29, 1.82) is 0 Å². The van der Waals surface area contributed by atoms with Gasteiger partial charge in [-0.2, -0.15) is 5.10 Å². The fourth-order valence-electron chi connectivity index (χ4n) is 3.94. The molecular weight excluding hydrogens is 316 g/mol. The van der Waals surface area contributed by atoms with Crippen LogP contribution in [0.1, 0.15) is 26.2 Å². The Labute approximate surface area is 150 Å². The van der Waals surface area contributed by atoms with Crippen LogP contribution in [0.5, 0.6) is 0 Å². The summed E-state index contributed by atoms with van der Waals surface area (Å²) in [5.41, 5.74) is 0. The summed E-state index contributed by atoms with van der Waals surface area (Å²) < 4.78 is 1.86. The lowest BCUT2D eigenvalue weighted by Gasteiger charge is -2.42. The molecule has 0 spiro atoms. The minimum atomic E-state index is 0.0590. The molecule has 0 bridgehead atoms. The molecule has 2 aliphatic heterocycles. The first-order chi connectivity index (χ1) is 12.2. The topological polar surface area (TPSA) is 56.6 Å². The van der Waals surface area contributed by atoms with Crippen molar-refractivity contribution in [2.45, 2.75) is 38.8 Å². The van der Waals surface area contributed by atoms with E-state index in [2.05, 4.69) is 39.1 Å². The highest BCUT2D eigenvalue weighted by molar-refractivity contribution is 5.91. The number of likely N-dealkylation sites (N-methyl/N-ethyl adjacent to an activating group) is 1. The van der Waals surface area contributed by atoms with Crippen LogP contribution in [-0.2, 0) is 11.3 Å². The fourth-order valence-corrected chi connectivity index (χ4v) is 3.94. The van der Waals surface area contributed by atoms with Crippen molar-refractivity contribution in [3.05, 3.63) is 12.3 Å². The van der Waals surface area contributed by atoms with E-state index in [1.807, 2.05) is 10.7 Å². The number of hydrogen-bond acceptors (Lipinski definition) is 5. The third kappa shape index (κ3) is 5.03. The molecular formula is C18H32N6O. The maximum Gasteiger partial charge on any atom is 0.239 e. The number of hydrogen-bond donors (Lipinski definition) is 1. The van der Waals surface area contributed by atoms with Crippen LogP contribution in [0.3, 0.4) is 0 Å². The number of carbonyl (C=O) groups excluding carboxylic acids is 1. The molecule has 1 amide bonds. The number of rotatable bonds is 6. The van der Waals surface area contributed by atoms with E-state index in [9.17, 15) is 4.79 Å². The van der Waals surface area contributed by atoms with Gasteiger partial charge in [-0.25, -0.2) is 4.68 Å². The lowest BCUT2D eigenvalue weighted by molar-refractivity contribution is -0.117. The molecule has 1 unspecified atom stereocenters. The minimum Gasteiger partial charge on any atom is -0.310 e. The van der Waals surface area contributed by atoms with Gasteiger partial charge in [-0.15, -0.1) is 0 Å². The van der Waals surface area contributed by atoms with Gasteiger partial charge in [0, 0.05) is 51.4 Å². The third-order valence-corrected chi connectivity index (χ3v) is 5.31. The van der Waals surface area contributed by atoms with Crippen LogP contribution in [0.2, 0.25) is 0 Å². The van der Waals surface area contributed by atoms with Crippen molar-refractivity contribution in [3.8, 4) is 0 Å². The lowest BCUT2D eigenvalue weighted by Crippen LogP contribution is -2.55. The summed E-state index contributed by atoms with van der Waals surface area (Å²) in [7, 11) is 2.22. The van der Waals surface area contributed by atoms with Crippen molar-refractivity contribution in [2.24, 2.45) is 0 Å². The van der Waals surface area contributed by atoms with Crippen molar-refractivity contribution in [3.63, 3.8) is 0 Å². The highest BCUT2D eigenvalue weighted by Crippen LogP contribution is 2.16. The summed E-state index contributed by atoms with van der Waals surface area (Å²) in [5, 5.41) is 7.25. The Kier molecular flexibility index (Phi) is 6.45. The molecule has 7 nitrogen and oxygen atoms in total. The fraction of sp³-hybridized carbons (Fsp3) is 0.778. The number of anilines is 1. The number of likely N-dealkylation sites (tertiary alicyclic amines) is 1. The molecule has 1 atom stereocenters. The maximum absolute atomic E-state index is 12.3. The van der Waals surface area contributed by atoms with E-state index in [1.54, 1.807) is 6.20 Å². The number of nitrogens with zero attached hydrogens (tertiary/aromatic N) is 5. The number of piperazine rings is 1. The third-order valence-electron chi connectivity index (χ3n) is 5.31. The van der Waals surface area contributed by atoms with Gasteiger partial charge in [0.1, 0.15) is 5.82 Å². The number of aryl methyl sites for hydroxylation is 1. The van der Waals surface area contributed by atoms with Crippen LogP contribution >= 0.6 is 0 Å². The Morgan fingerprint density at radius 2 is 2.08 bits per heavy atom. The van der Waals surface area contributed by atoms with E-state index in [0.29, 0.717) is 12.6 Å². The monoisotopic (exact) mass is 348 g/mol. The summed E-state index contributed by atoms with van der Waals surface area (Å²) in [5.74, 6) is 0.861. The standard InChI is InChI=1S/C18H32N6O/c1-3-8-24-17(6-7-19-24)20-18(25)15-22-10-12-23(13-11-22)16-5-4-9-21(2)14-16/h6-7,16H,3-5,8-15H2,1-2H3,(H,20,25). The summed E-state index contributed by atoms with van der Waals surface area (Å²) in [6.07, 6.45) is 5.36. The molecule has 2 fully saturated rings. The van der Waals surface area contributed by atoms with E-state index in [0.717, 1.165) is 45.0 Å². The predicted molar refractivity (Wildman–Crippen MR) is 99.7 cm³/mol. The van der Waals surface area contributed by atoms with Gasteiger partial charge in [0.05, 0.1) is 12.7 Å². The molecule has 1 N–H and O–H groups in total. The quantitative estimate of drug-likeness (QED) is 0.829. The zero-order valence-corrected chi connectivity index (χ0v) is 15.7. The Balaban J connectivity index is 1.42. The van der Waals surface area contributed by atoms with Gasteiger partial charge in [0.15, 0.2) is 0 Å². The normalized spacial score (nSPS) is 23.7. The van der Waals surface area contributed by atoms with E-state index < -0.39 is 0 Å². The molecule has 1 aromatic heterocycles. The van der Waals surface area contributed by atoms with Gasteiger partial charge < -0.3 is 10.2 Å². The van der Waals surface area contributed by atoms with Gasteiger partial charge in [-0.05, 0) is 32.9 Å². The van der Waals surface area contributed by atoms with E-state index in [1.165, 1.54) is 25.9 Å². The maximum atomic E-state index is 12.3. The molecule has 0 aliphatic carbocycles. The molecule has 0 radical (unpaired) electrons. The summed E-state index contributed by atoms with van der Waals surface area (Å²) in [4.78, 5) is 19.7. The SMILES string of the molecule is CCCn1nccc1NC(=O)CN1CCN(C2CCCN(C)C2)CC1. The van der Waals surface area contributed by atoms with E-state index in [4.69, 9.17) is 0 Å². The van der Waals surface area contributed by atoms with Crippen LogP contribution in [0.15, 0.2) is 12.3 Å². The van der Waals surface area contributed by atoms with Crippen LogP contribution in [0.4, 0.5) is 5.82 Å². The van der Waals surface area contributed by atoms with Crippen molar-refractivity contribution in [1.82, 2.24) is 24.5 Å². The summed E-state index contributed by atoms with van der Waals surface area (Å²) in [6, 6.07) is 2.56. The molecule has 25 heavy (non-hydrogen) atoms. The highest BCUT2D eigenvalue weighted by atomic mass is 16.2. The molecule has 2 aliphatic rings. The zero-order chi connectivity index (χ0) is 17.6. The molecule has 0 saturated carbocycles. The van der Waals surface area contributed by atoms with Gasteiger partial charge >= 0.3 is 0 Å². The summed E-state index contributed by atoms with van der Waals surface area (Å²) >= 11 is 0. The number of carbonyl (C=O) groups is 1. The van der Waals surface area contributed by atoms with E-state index in [-0.39, 0.29) is 5.91 Å². The Bertz CT molecular complexity index is 552.